The first kappa shape index (κ1) is 13.0. The molecule has 0 spiro atoms. The lowest BCUT2D eigenvalue weighted by Crippen LogP contribution is -1.67. The topological polar surface area (TPSA) is 0 Å². The monoisotopic (exact) mass is 190 g/mol. The number of hydrogen-bond acceptors (Lipinski definition) is 0. The van der Waals surface area contributed by atoms with E-state index in [1.54, 1.807) is 0 Å². The third kappa shape index (κ3) is 11.0. The van der Waals surface area contributed by atoms with Crippen LogP contribution in [0.15, 0.2) is 48.6 Å². The molecule has 0 saturated heterocycles. The van der Waals surface area contributed by atoms with Crippen molar-refractivity contribution in [2.45, 2.75) is 39.5 Å². The standard InChI is InChI=1S/C14H22/c1-4-5-6-7-8-9-10-11-12-13-14(2)3/h4,7-8,11-13H,1,5-6,9-10H2,2-3H3/b8-7+,12-11+. The predicted molar refractivity (Wildman–Crippen MR) is 66.4 cm³/mol. The Morgan fingerprint density at radius 2 is 1.50 bits per heavy atom. The number of unbranched alkanes of at least 4 members (excludes halogenated alkanes) is 2. The fourth-order valence-corrected chi connectivity index (χ4v) is 0.999. The molecule has 0 amide bonds. The van der Waals surface area contributed by atoms with Crippen LogP contribution in [0.2, 0.25) is 0 Å². The van der Waals surface area contributed by atoms with Crippen LogP contribution in [0.25, 0.3) is 0 Å². The fraction of sp³-hybridized carbons (Fsp3) is 0.429. The highest BCUT2D eigenvalue weighted by Crippen LogP contribution is 1.98. The largest absolute Gasteiger partial charge is 0.103 e. The quantitative estimate of drug-likeness (QED) is 0.307. The maximum Gasteiger partial charge on any atom is -0.0313 e. The van der Waals surface area contributed by atoms with Gasteiger partial charge in [0.2, 0.25) is 0 Å². The van der Waals surface area contributed by atoms with E-state index in [0.717, 1.165) is 25.7 Å². The molecule has 0 aromatic carbocycles. The molecule has 78 valence electrons. The van der Waals surface area contributed by atoms with E-state index in [-0.39, 0.29) is 0 Å². The first-order valence-electron chi connectivity index (χ1n) is 5.33. The highest BCUT2D eigenvalue weighted by molar-refractivity contribution is 5.08. The predicted octanol–water partition coefficient (Wildman–Crippen LogP) is 4.81. The lowest BCUT2D eigenvalue weighted by Gasteiger charge is -1.87. The Kier molecular flexibility index (Phi) is 9.30. The average Bonchev–Trinajstić information content (AvgIpc) is 2.15. The molecule has 0 heteroatoms. The van der Waals surface area contributed by atoms with Gasteiger partial charge >= 0.3 is 0 Å². The summed E-state index contributed by atoms with van der Waals surface area (Å²) in [5, 5.41) is 0. The van der Waals surface area contributed by atoms with Crippen molar-refractivity contribution in [1.82, 2.24) is 0 Å². The van der Waals surface area contributed by atoms with Gasteiger partial charge in [-0.25, -0.2) is 0 Å². The molecule has 0 aromatic rings. The molecule has 0 saturated carbocycles. The molecule has 0 atom stereocenters. The molecule has 0 N–H and O–H groups in total. The van der Waals surface area contributed by atoms with Crippen LogP contribution in [0.1, 0.15) is 39.5 Å². The fourth-order valence-electron chi connectivity index (χ4n) is 0.999. The van der Waals surface area contributed by atoms with Crippen LogP contribution in [0.5, 0.6) is 0 Å². The maximum atomic E-state index is 3.68. The summed E-state index contributed by atoms with van der Waals surface area (Å²) in [4.78, 5) is 0. The second kappa shape index (κ2) is 10.0. The van der Waals surface area contributed by atoms with Gasteiger partial charge in [-0.15, -0.1) is 6.58 Å². The Hall–Kier alpha value is -1.04. The van der Waals surface area contributed by atoms with Crippen LogP contribution < -0.4 is 0 Å². The van der Waals surface area contributed by atoms with Crippen LogP contribution in [-0.2, 0) is 0 Å². The van der Waals surface area contributed by atoms with Gasteiger partial charge in [0, 0.05) is 0 Å². The Balaban J connectivity index is 3.37. The van der Waals surface area contributed by atoms with Crippen molar-refractivity contribution in [3.63, 3.8) is 0 Å². The first-order valence-corrected chi connectivity index (χ1v) is 5.33. The third-order valence-corrected chi connectivity index (χ3v) is 1.77. The van der Waals surface area contributed by atoms with Gasteiger partial charge in [0.05, 0.1) is 0 Å². The molecule has 0 aliphatic carbocycles. The summed E-state index contributed by atoms with van der Waals surface area (Å²) in [6, 6.07) is 0. The van der Waals surface area contributed by atoms with E-state index in [1.807, 2.05) is 6.08 Å². The van der Waals surface area contributed by atoms with Crippen molar-refractivity contribution in [2.24, 2.45) is 0 Å². The molecule has 0 heterocycles. The van der Waals surface area contributed by atoms with E-state index in [0.29, 0.717) is 0 Å². The second-order valence-corrected chi connectivity index (χ2v) is 3.59. The second-order valence-electron chi connectivity index (χ2n) is 3.59. The van der Waals surface area contributed by atoms with E-state index in [4.69, 9.17) is 0 Å². The van der Waals surface area contributed by atoms with E-state index < -0.39 is 0 Å². The van der Waals surface area contributed by atoms with Crippen LogP contribution in [-0.4, -0.2) is 0 Å². The number of hydrogen-bond donors (Lipinski definition) is 0. The summed E-state index contributed by atoms with van der Waals surface area (Å²) in [6.07, 6.45) is 17.4. The minimum Gasteiger partial charge on any atom is -0.103 e. The molecule has 0 aliphatic rings. The van der Waals surface area contributed by atoms with E-state index in [1.165, 1.54) is 5.57 Å². The van der Waals surface area contributed by atoms with Crippen molar-refractivity contribution in [3.05, 3.63) is 48.6 Å². The molecule has 0 nitrogen and oxygen atoms in total. The summed E-state index contributed by atoms with van der Waals surface area (Å²) >= 11 is 0. The average molecular weight is 190 g/mol. The van der Waals surface area contributed by atoms with Gasteiger partial charge in [-0.1, -0.05) is 42.0 Å². The number of allylic oxidation sites excluding steroid dienone is 7. The molecule has 0 unspecified atom stereocenters. The van der Waals surface area contributed by atoms with Crippen molar-refractivity contribution in [3.8, 4) is 0 Å². The van der Waals surface area contributed by atoms with Gasteiger partial charge in [-0.3, -0.25) is 0 Å². The molecule has 0 rings (SSSR count). The zero-order chi connectivity index (χ0) is 10.6. The van der Waals surface area contributed by atoms with Crippen molar-refractivity contribution in [1.29, 1.82) is 0 Å². The lowest BCUT2D eigenvalue weighted by atomic mass is 10.2. The zero-order valence-electron chi connectivity index (χ0n) is 9.50. The van der Waals surface area contributed by atoms with Crippen LogP contribution in [0.3, 0.4) is 0 Å². The highest BCUT2D eigenvalue weighted by atomic mass is 13.8. The Morgan fingerprint density at radius 1 is 0.929 bits per heavy atom. The van der Waals surface area contributed by atoms with Gasteiger partial charge in [0.15, 0.2) is 0 Å². The Bertz CT molecular complexity index is 212. The summed E-state index contributed by atoms with van der Waals surface area (Å²) in [5.41, 5.74) is 1.35. The summed E-state index contributed by atoms with van der Waals surface area (Å²) in [5.74, 6) is 0. The van der Waals surface area contributed by atoms with Crippen LogP contribution in [0.4, 0.5) is 0 Å². The van der Waals surface area contributed by atoms with Gasteiger partial charge in [0.25, 0.3) is 0 Å². The van der Waals surface area contributed by atoms with Crippen molar-refractivity contribution >= 4 is 0 Å². The summed E-state index contributed by atoms with van der Waals surface area (Å²) < 4.78 is 0. The van der Waals surface area contributed by atoms with Gasteiger partial charge in [-0.05, 0) is 39.5 Å². The van der Waals surface area contributed by atoms with Crippen LogP contribution >= 0.6 is 0 Å². The Labute approximate surface area is 88.7 Å². The SMILES string of the molecule is C=CCC/C=C/CC/C=C/C=C(C)C. The zero-order valence-corrected chi connectivity index (χ0v) is 9.50. The van der Waals surface area contributed by atoms with Gasteiger partial charge in [0.1, 0.15) is 0 Å². The highest BCUT2D eigenvalue weighted by Gasteiger charge is 1.77. The summed E-state index contributed by atoms with van der Waals surface area (Å²) in [7, 11) is 0. The molecule has 0 aromatic heterocycles. The molecular formula is C14H22. The minimum atomic E-state index is 1.09. The Morgan fingerprint density at radius 3 is 2.07 bits per heavy atom. The van der Waals surface area contributed by atoms with Crippen molar-refractivity contribution in [2.75, 3.05) is 0 Å². The number of rotatable bonds is 7. The molecule has 0 fully saturated rings. The molecule has 0 aliphatic heterocycles. The first-order chi connectivity index (χ1) is 6.77. The minimum absolute atomic E-state index is 1.09. The van der Waals surface area contributed by atoms with E-state index >= 15 is 0 Å². The van der Waals surface area contributed by atoms with Crippen LogP contribution in [0, 0.1) is 0 Å². The molecule has 14 heavy (non-hydrogen) atoms. The third-order valence-electron chi connectivity index (χ3n) is 1.77. The van der Waals surface area contributed by atoms with Gasteiger partial charge < -0.3 is 0 Å². The van der Waals surface area contributed by atoms with E-state index in [2.05, 4.69) is 50.8 Å². The molecule has 0 radical (unpaired) electrons. The van der Waals surface area contributed by atoms with E-state index in [9.17, 15) is 0 Å². The van der Waals surface area contributed by atoms with Crippen molar-refractivity contribution < 1.29 is 0 Å². The normalized spacial score (nSPS) is 11.0. The van der Waals surface area contributed by atoms with Gasteiger partial charge in [-0.2, -0.15) is 0 Å². The maximum absolute atomic E-state index is 3.68. The molecular weight excluding hydrogens is 168 g/mol. The lowest BCUT2D eigenvalue weighted by molar-refractivity contribution is 1.01. The molecule has 0 bridgehead atoms. The summed E-state index contributed by atoms with van der Waals surface area (Å²) in [6.45, 7) is 7.91. The smallest absolute Gasteiger partial charge is 0.0313 e.